The summed E-state index contributed by atoms with van der Waals surface area (Å²) in [5.74, 6) is 0. The van der Waals surface area contributed by atoms with Crippen LogP contribution in [0.2, 0.25) is 0 Å². The van der Waals surface area contributed by atoms with Crippen LogP contribution in [-0.4, -0.2) is 31.1 Å². The highest BCUT2D eigenvalue weighted by Gasteiger charge is 2.19. The summed E-state index contributed by atoms with van der Waals surface area (Å²) in [6.07, 6.45) is 0. The second-order valence-corrected chi connectivity index (χ2v) is 4.33. The number of ether oxygens (including phenoxy) is 2. The Labute approximate surface area is 80.6 Å². The summed E-state index contributed by atoms with van der Waals surface area (Å²) in [5, 5.41) is 0. The Morgan fingerprint density at radius 1 is 0.846 bits per heavy atom. The van der Waals surface area contributed by atoms with Crippen molar-refractivity contribution in [2.45, 2.75) is 38.9 Å². The maximum absolute atomic E-state index is 5.48. The van der Waals surface area contributed by atoms with Gasteiger partial charge in [0.1, 0.15) is 6.79 Å². The molecule has 0 aliphatic rings. The Kier molecular flexibility index (Phi) is 4.85. The lowest BCUT2D eigenvalue weighted by atomic mass is 10.1. The minimum atomic E-state index is -0.329. The molecule has 4 N–H and O–H groups in total. The molecule has 0 aromatic rings. The Balaban J connectivity index is 3.68. The van der Waals surface area contributed by atoms with Gasteiger partial charge in [0.25, 0.3) is 0 Å². The van der Waals surface area contributed by atoms with Crippen LogP contribution >= 0.6 is 0 Å². The molecule has 0 bridgehead atoms. The van der Waals surface area contributed by atoms with E-state index in [0.717, 1.165) is 0 Å². The Hall–Kier alpha value is -0.160. The van der Waals surface area contributed by atoms with Crippen molar-refractivity contribution in [3.8, 4) is 0 Å². The van der Waals surface area contributed by atoms with E-state index in [1.807, 2.05) is 27.7 Å². The molecule has 0 amide bonds. The first kappa shape index (κ1) is 12.8. The first-order chi connectivity index (χ1) is 5.83. The molecule has 0 aromatic carbocycles. The van der Waals surface area contributed by atoms with Gasteiger partial charge in [-0.2, -0.15) is 0 Å². The van der Waals surface area contributed by atoms with Gasteiger partial charge in [0.2, 0.25) is 0 Å². The zero-order valence-corrected chi connectivity index (χ0v) is 9.09. The maximum Gasteiger partial charge on any atom is 0.148 e. The minimum absolute atomic E-state index is 0.231. The van der Waals surface area contributed by atoms with Crippen LogP contribution in [0.4, 0.5) is 0 Å². The van der Waals surface area contributed by atoms with Crippen LogP contribution in [0.5, 0.6) is 0 Å². The van der Waals surface area contributed by atoms with Crippen molar-refractivity contribution in [2.24, 2.45) is 11.5 Å². The second kappa shape index (κ2) is 4.91. The molecule has 13 heavy (non-hydrogen) atoms. The van der Waals surface area contributed by atoms with Crippen LogP contribution in [0.1, 0.15) is 27.7 Å². The van der Waals surface area contributed by atoms with Gasteiger partial charge in [0, 0.05) is 13.1 Å². The predicted molar refractivity (Wildman–Crippen MR) is 53.3 cm³/mol. The molecular formula is C9H22N2O2. The molecule has 0 aliphatic heterocycles. The summed E-state index contributed by atoms with van der Waals surface area (Å²) < 4.78 is 10.8. The molecule has 0 unspecified atom stereocenters. The third-order valence-electron chi connectivity index (χ3n) is 1.88. The molecule has 0 aromatic heterocycles. The van der Waals surface area contributed by atoms with Gasteiger partial charge in [-0.05, 0) is 27.7 Å². The quantitative estimate of drug-likeness (QED) is 0.597. The highest BCUT2D eigenvalue weighted by atomic mass is 16.7. The van der Waals surface area contributed by atoms with Crippen molar-refractivity contribution >= 4 is 0 Å². The Morgan fingerprint density at radius 2 is 1.15 bits per heavy atom. The van der Waals surface area contributed by atoms with Gasteiger partial charge in [0.15, 0.2) is 0 Å². The summed E-state index contributed by atoms with van der Waals surface area (Å²) in [7, 11) is 0. The lowest BCUT2D eigenvalue weighted by Gasteiger charge is -2.28. The number of hydrogen-bond donors (Lipinski definition) is 2. The van der Waals surface area contributed by atoms with Gasteiger partial charge < -0.3 is 20.9 Å². The molecule has 0 saturated carbocycles. The highest BCUT2D eigenvalue weighted by Crippen LogP contribution is 2.10. The van der Waals surface area contributed by atoms with Gasteiger partial charge in [-0.25, -0.2) is 0 Å². The van der Waals surface area contributed by atoms with E-state index in [4.69, 9.17) is 20.9 Å². The van der Waals surface area contributed by atoms with E-state index in [9.17, 15) is 0 Å². The van der Waals surface area contributed by atoms with Crippen molar-refractivity contribution < 1.29 is 9.47 Å². The van der Waals surface area contributed by atoms with Crippen molar-refractivity contribution in [1.82, 2.24) is 0 Å². The number of nitrogens with two attached hydrogens (primary N) is 2. The Bertz CT molecular complexity index is 131. The SMILES string of the molecule is CC(C)(CN)OCOC(C)(C)CN. The lowest BCUT2D eigenvalue weighted by molar-refractivity contribution is -0.168. The largest absolute Gasteiger partial charge is 0.348 e. The summed E-state index contributed by atoms with van der Waals surface area (Å²) in [6, 6.07) is 0. The van der Waals surface area contributed by atoms with Crippen LogP contribution in [0.25, 0.3) is 0 Å². The molecule has 0 spiro atoms. The Morgan fingerprint density at radius 3 is 1.38 bits per heavy atom. The molecule has 0 radical (unpaired) electrons. The fourth-order valence-electron chi connectivity index (χ4n) is 0.466. The van der Waals surface area contributed by atoms with E-state index in [2.05, 4.69) is 0 Å². The van der Waals surface area contributed by atoms with E-state index in [1.54, 1.807) is 0 Å². The number of rotatable bonds is 6. The molecule has 0 fully saturated rings. The van der Waals surface area contributed by atoms with Crippen molar-refractivity contribution in [1.29, 1.82) is 0 Å². The topological polar surface area (TPSA) is 70.5 Å². The van der Waals surface area contributed by atoms with Gasteiger partial charge in [-0.1, -0.05) is 0 Å². The molecule has 80 valence electrons. The monoisotopic (exact) mass is 190 g/mol. The zero-order valence-electron chi connectivity index (χ0n) is 9.09. The minimum Gasteiger partial charge on any atom is -0.348 e. The zero-order chi connectivity index (χ0) is 10.5. The third-order valence-corrected chi connectivity index (χ3v) is 1.88. The van der Waals surface area contributed by atoms with Crippen LogP contribution in [-0.2, 0) is 9.47 Å². The number of hydrogen-bond acceptors (Lipinski definition) is 4. The normalized spacial score (nSPS) is 13.4. The second-order valence-electron chi connectivity index (χ2n) is 4.33. The molecule has 0 heterocycles. The average Bonchev–Trinajstić information content (AvgIpc) is 2.04. The maximum atomic E-state index is 5.48. The van der Waals surface area contributed by atoms with E-state index in [0.29, 0.717) is 13.1 Å². The van der Waals surface area contributed by atoms with Gasteiger partial charge in [-0.15, -0.1) is 0 Å². The molecule has 0 aliphatic carbocycles. The average molecular weight is 190 g/mol. The first-order valence-corrected chi connectivity index (χ1v) is 4.51. The van der Waals surface area contributed by atoms with E-state index in [-0.39, 0.29) is 18.0 Å². The summed E-state index contributed by atoms with van der Waals surface area (Å²) in [4.78, 5) is 0. The molecule has 4 nitrogen and oxygen atoms in total. The van der Waals surface area contributed by atoms with Crippen LogP contribution in [0, 0.1) is 0 Å². The highest BCUT2D eigenvalue weighted by molar-refractivity contribution is 4.70. The van der Waals surface area contributed by atoms with Crippen LogP contribution < -0.4 is 11.5 Å². The summed E-state index contributed by atoms with van der Waals surface area (Å²) in [5.41, 5.74) is 10.3. The first-order valence-electron chi connectivity index (χ1n) is 4.51. The van der Waals surface area contributed by atoms with E-state index in [1.165, 1.54) is 0 Å². The molecule has 0 atom stereocenters. The molecule has 0 rings (SSSR count). The van der Waals surface area contributed by atoms with Gasteiger partial charge in [0.05, 0.1) is 11.2 Å². The molecular weight excluding hydrogens is 168 g/mol. The predicted octanol–water partition coefficient (Wildman–Crippen LogP) is 0.452. The summed E-state index contributed by atoms with van der Waals surface area (Å²) in [6.45, 7) is 8.86. The fourth-order valence-corrected chi connectivity index (χ4v) is 0.466. The van der Waals surface area contributed by atoms with Crippen molar-refractivity contribution in [2.75, 3.05) is 19.9 Å². The van der Waals surface area contributed by atoms with Crippen LogP contribution in [0.15, 0.2) is 0 Å². The van der Waals surface area contributed by atoms with Crippen molar-refractivity contribution in [3.63, 3.8) is 0 Å². The van der Waals surface area contributed by atoms with Crippen LogP contribution in [0.3, 0.4) is 0 Å². The van der Waals surface area contributed by atoms with Gasteiger partial charge >= 0.3 is 0 Å². The van der Waals surface area contributed by atoms with Crippen molar-refractivity contribution in [3.05, 3.63) is 0 Å². The fraction of sp³-hybridized carbons (Fsp3) is 1.00. The standard InChI is InChI=1S/C9H22N2O2/c1-8(2,5-10)12-7-13-9(3,4)6-11/h5-7,10-11H2,1-4H3. The molecule has 4 heteroatoms. The van der Waals surface area contributed by atoms with Gasteiger partial charge in [-0.3, -0.25) is 0 Å². The molecule has 0 saturated heterocycles. The lowest BCUT2D eigenvalue weighted by Crippen LogP contribution is -2.39. The smallest absolute Gasteiger partial charge is 0.148 e. The summed E-state index contributed by atoms with van der Waals surface area (Å²) >= 11 is 0. The third kappa shape index (κ3) is 5.99. The van der Waals surface area contributed by atoms with E-state index >= 15 is 0 Å². The van der Waals surface area contributed by atoms with E-state index < -0.39 is 0 Å².